The van der Waals surface area contributed by atoms with Gasteiger partial charge in [0.25, 0.3) is 0 Å². The zero-order chi connectivity index (χ0) is 9.42. The van der Waals surface area contributed by atoms with Gasteiger partial charge in [-0.25, -0.2) is 0 Å². The van der Waals surface area contributed by atoms with E-state index in [0.29, 0.717) is 16.9 Å². The predicted octanol–water partition coefficient (Wildman–Crippen LogP) is 0.638. The minimum atomic E-state index is 0.434. The SMILES string of the molecule is Nc1cc2ccc[n+]([O-])c2cc1N. The van der Waals surface area contributed by atoms with Crippen molar-refractivity contribution in [3.05, 3.63) is 35.7 Å². The molecule has 0 bridgehead atoms. The largest absolute Gasteiger partial charge is 0.618 e. The fourth-order valence-electron chi connectivity index (χ4n) is 1.27. The molecule has 0 saturated heterocycles. The monoisotopic (exact) mass is 175 g/mol. The van der Waals surface area contributed by atoms with E-state index in [1.54, 1.807) is 18.2 Å². The molecule has 0 unspecified atom stereocenters. The Labute approximate surface area is 75.0 Å². The van der Waals surface area contributed by atoms with Crippen LogP contribution in [0.1, 0.15) is 0 Å². The molecule has 4 N–H and O–H groups in total. The lowest BCUT2D eigenvalue weighted by molar-refractivity contribution is -0.576. The maximum Gasteiger partial charge on any atom is 0.225 e. The molecule has 0 aliphatic heterocycles. The van der Waals surface area contributed by atoms with Gasteiger partial charge in [-0.2, -0.15) is 4.73 Å². The van der Waals surface area contributed by atoms with E-state index in [9.17, 15) is 5.21 Å². The minimum absolute atomic E-state index is 0.434. The second-order valence-corrected chi connectivity index (χ2v) is 2.87. The van der Waals surface area contributed by atoms with Crippen molar-refractivity contribution in [1.29, 1.82) is 0 Å². The third-order valence-corrected chi connectivity index (χ3v) is 1.97. The van der Waals surface area contributed by atoms with Gasteiger partial charge in [0.05, 0.1) is 11.4 Å². The first-order chi connectivity index (χ1) is 6.18. The molecule has 0 spiro atoms. The van der Waals surface area contributed by atoms with Crippen LogP contribution in [-0.4, -0.2) is 0 Å². The van der Waals surface area contributed by atoms with Crippen LogP contribution in [0.2, 0.25) is 0 Å². The molecule has 4 nitrogen and oxygen atoms in total. The summed E-state index contributed by atoms with van der Waals surface area (Å²) in [5, 5.41) is 12.1. The lowest BCUT2D eigenvalue weighted by Crippen LogP contribution is -2.25. The van der Waals surface area contributed by atoms with E-state index in [1.807, 2.05) is 6.07 Å². The Balaban J connectivity index is 2.89. The Bertz CT molecular complexity index is 468. The predicted molar refractivity (Wildman–Crippen MR) is 51.7 cm³/mol. The number of pyridine rings is 1. The third-order valence-electron chi connectivity index (χ3n) is 1.97. The topological polar surface area (TPSA) is 79.0 Å². The molecule has 1 aromatic heterocycles. The molecule has 2 rings (SSSR count). The summed E-state index contributed by atoms with van der Waals surface area (Å²) in [6.07, 6.45) is 1.43. The standard InChI is InChI=1S/C9H9N3O/c10-7-4-6-2-1-3-12(13)9(6)5-8(7)11/h1-5H,10-11H2. The summed E-state index contributed by atoms with van der Waals surface area (Å²) in [7, 11) is 0. The lowest BCUT2D eigenvalue weighted by atomic mass is 10.2. The number of fused-ring (bicyclic) bond motifs is 1. The van der Waals surface area contributed by atoms with Crippen LogP contribution in [0.4, 0.5) is 11.4 Å². The van der Waals surface area contributed by atoms with Gasteiger partial charge in [-0.15, -0.1) is 0 Å². The number of nitrogen functional groups attached to an aromatic ring is 2. The maximum absolute atomic E-state index is 11.3. The van der Waals surface area contributed by atoms with Crippen molar-refractivity contribution in [2.45, 2.75) is 0 Å². The fraction of sp³-hybridized carbons (Fsp3) is 0. The first-order valence-corrected chi connectivity index (χ1v) is 3.85. The summed E-state index contributed by atoms with van der Waals surface area (Å²) in [6, 6.07) is 6.77. The van der Waals surface area contributed by atoms with E-state index in [0.717, 1.165) is 10.1 Å². The van der Waals surface area contributed by atoms with Gasteiger partial charge in [0, 0.05) is 17.5 Å². The lowest BCUT2D eigenvalue weighted by Gasteiger charge is -2.03. The number of aromatic nitrogens is 1. The van der Waals surface area contributed by atoms with E-state index >= 15 is 0 Å². The molecule has 4 heteroatoms. The summed E-state index contributed by atoms with van der Waals surface area (Å²) in [5.41, 5.74) is 12.6. The Morgan fingerprint density at radius 3 is 2.62 bits per heavy atom. The third kappa shape index (κ3) is 1.12. The number of hydrogen-bond acceptors (Lipinski definition) is 3. The zero-order valence-electron chi connectivity index (χ0n) is 6.90. The van der Waals surface area contributed by atoms with Crippen molar-refractivity contribution in [2.75, 3.05) is 11.5 Å². The Hall–Kier alpha value is -1.97. The molecule has 13 heavy (non-hydrogen) atoms. The molecule has 1 aromatic carbocycles. The number of anilines is 2. The smallest absolute Gasteiger partial charge is 0.225 e. The van der Waals surface area contributed by atoms with E-state index < -0.39 is 0 Å². The van der Waals surface area contributed by atoms with Crippen LogP contribution in [0.3, 0.4) is 0 Å². The van der Waals surface area contributed by atoms with Crippen LogP contribution in [-0.2, 0) is 0 Å². The highest BCUT2D eigenvalue weighted by Crippen LogP contribution is 2.20. The second-order valence-electron chi connectivity index (χ2n) is 2.87. The number of hydrogen-bond donors (Lipinski definition) is 2. The second kappa shape index (κ2) is 2.52. The highest BCUT2D eigenvalue weighted by Gasteiger charge is 2.05. The summed E-state index contributed by atoms with van der Waals surface area (Å²) < 4.78 is 0.769. The van der Waals surface area contributed by atoms with Crippen molar-refractivity contribution in [1.82, 2.24) is 0 Å². The average Bonchev–Trinajstić information content (AvgIpc) is 2.09. The van der Waals surface area contributed by atoms with Crippen LogP contribution < -0.4 is 16.2 Å². The molecule has 0 aliphatic rings. The molecule has 66 valence electrons. The Morgan fingerprint density at radius 2 is 1.85 bits per heavy atom. The average molecular weight is 175 g/mol. The van der Waals surface area contributed by atoms with Crippen LogP contribution in [0, 0.1) is 5.21 Å². The first-order valence-electron chi connectivity index (χ1n) is 3.85. The first kappa shape index (κ1) is 7.67. The van der Waals surface area contributed by atoms with Gasteiger partial charge in [-0.3, -0.25) is 0 Å². The van der Waals surface area contributed by atoms with Gasteiger partial charge in [0.15, 0.2) is 6.20 Å². The van der Waals surface area contributed by atoms with E-state index in [-0.39, 0.29) is 0 Å². The van der Waals surface area contributed by atoms with Gasteiger partial charge in [-0.05, 0) is 12.1 Å². The molecule has 0 amide bonds. The van der Waals surface area contributed by atoms with Crippen LogP contribution in [0.15, 0.2) is 30.5 Å². The summed E-state index contributed by atoms with van der Waals surface area (Å²) in [6.45, 7) is 0. The number of rotatable bonds is 0. The summed E-state index contributed by atoms with van der Waals surface area (Å²) >= 11 is 0. The molecule has 0 radical (unpaired) electrons. The normalized spacial score (nSPS) is 10.5. The molecular weight excluding hydrogens is 166 g/mol. The van der Waals surface area contributed by atoms with Crippen LogP contribution in [0.25, 0.3) is 10.9 Å². The molecule has 1 heterocycles. The number of benzene rings is 1. The summed E-state index contributed by atoms with van der Waals surface area (Å²) in [4.78, 5) is 0. The quantitative estimate of drug-likeness (QED) is 0.350. The van der Waals surface area contributed by atoms with Crippen molar-refractivity contribution in [3.63, 3.8) is 0 Å². The zero-order valence-corrected chi connectivity index (χ0v) is 6.90. The molecule has 0 aliphatic carbocycles. The molecule has 2 aromatic rings. The van der Waals surface area contributed by atoms with Gasteiger partial charge in [0.2, 0.25) is 5.52 Å². The molecule has 0 saturated carbocycles. The fourth-order valence-corrected chi connectivity index (χ4v) is 1.27. The highest BCUT2D eigenvalue weighted by molar-refractivity contribution is 5.85. The van der Waals surface area contributed by atoms with Crippen LogP contribution in [0.5, 0.6) is 0 Å². The van der Waals surface area contributed by atoms with Crippen molar-refractivity contribution in [2.24, 2.45) is 0 Å². The van der Waals surface area contributed by atoms with Crippen LogP contribution >= 0.6 is 0 Å². The van der Waals surface area contributed by atoms with E-state index in [1.165, 1.54) is 6.20 Å². The van der Waals surface area contributed by atoms with Crippen molar-refractivity contribution < 1.29 is 4.73 Å². The van der Waals surface area contributed by atoms with E-state index in [4.69, 9.17) is 11.5 Å². The minimum Gasteiger partial charge on any atom is -0.618 e. The molecular formula is C9H9N3O. The van der Waals surface area contributed by atoms with Gasteiger partial charge >= 0.3 is 0 Å². The van der Waals surface area contributed by atoms with Crippen molar-refractivity contribution in [3.8, 4) is 0 Å². The number of nitrogens with zero attached hydrogens (tertiary/aromatic N) is 1. The molecule has 0 fully saturated rings. The Kier molecular flexibility index (Phi) is 1.48. The van der Waals surface area contributed by atoms with Gasteiger partial charge in [-0.1, -0.05) is 0 Å². The van der Waals surface area contributed by atoms with Crippen molar-refractivity contribution >= 4 is 22.3 Å². The summed E-state index contributed by atoms with van der Waals surface area (Å²) in [5.74, 6) is 0. The molecule has 0 atom stereocenters. The Morgan fingerprint density at radius 1 is 1.15 bits per heavy atom. The van der Waals surface area contributed by atoms with Gasteiger partial charge < -0.3 is 16.7 Å². The maximum atomic E-state index is 11.3. The van der Waals surface area contributed by atoms with E-state index in [2.05, 4.69) is 0 Å². The highest BCUT2D eigenvalue weighted by atomic mass is 16.5. The van der Waals surface area contributed by atoms with Gasteiger partial charge in [0.1, 0.15) is 0 Å². The number of nitrogens with two attached hydrogens (primary N) is 2.